The third kappa shape index (κ3) is 4.51. The van der Waals surface area contributed by atoms with E-state index in [2.05, 4.69) is 15.3 Å². The number of benzene rings is 1. The zero-order valence-corrected chi connectivity index (χ0v) is 14.6. The number of likely N-dealkylation sites (tertiary alicyclic amines) is 1. The first-order valence-corrected chi connectivity index (χ1v) is 8.36. The van der Waals surface area contributed by atoms with Gasteiger partial charge in [-0.2, -0.15) is 4.98 Å². The summed E-state index contributed by atoms with van der Waals surface area (Å²) in [6.07, 6.45) is 4.59. The van der Waals surface area contributed by atoms with Crippen LogP contribution in [-0.4, -0.2) is 47.2 Å². The number of methoxy groups -OCH3 is 1. The highest BCUT2D eigenvalue weighted by Gasteiger charge is 2.25. The van der Waals surface area contributed by atoms with E-state index in [1.54, 1.807) is 17.0 Å². The number of nitrogens with one attached hydrogen (secondary N) is 1. The predicted molar refractivity (Wildman–Crippen MR) is 94.3 cm³/mol. The Morgan fingerprint density at radius 3 is 2.92 bits per heavy atom. The van der Waals surface area contributed by atoms with Gasteiger partial charge >= 0.3 is 6.03 Å². The van der Waals surface area contributed by atoms with Crippen LogP contribution in [0, 0.1) is 0 Å². The highest BCUT2D eigenvalue weighted by molar-refractivity contribution is 6.33. The van der Waals surface area contributed by atoms with E-state index in [4.69, 9.17) is 21.1 Å². The molecule has 3 rings (SSSR count). The fourth-order valence-electron chi connectivity index (χ4n) is 2.63. The molecule has 25 heavy (non-hydrogen) atoms. The second-order valence-electron chi connectivity index (χ2n) is 5.64. The molecule has 2 aromatic rings. The molecular formula is C17H19ClN4O3. The lowest BCUT2D eigenvalue weighted by Gasteiger charge is -2.32. The van der Waals surface area contributed by atoms with Crippen LogP contribution in [0.3, 0.4) is 0 Å². The summed E-state index contributed by atoms with van der Waals surface area (Å²) in [5.74, 6) is 0.777. The average molecular weight is 363 g/mol. The SMILES string of the molecule is COc1cncc(OC2CCCN(C(=O)Nc3ccccc3Cl)C2)n1. The van der Waals surface area contributed by atoms with Crippen LogP contribution in [-0.2, 0) is 0 Å². The summed E-state index contributed by atoms with van der Waals surface area (Å²) in [6, 6.07) is 6.95. The van der Waals surface area contributed by atoms with Crippen molar-refractivity contribution < 1.29 is 14.3 Å². The van der Waals surface area contributed by atoms with E-state index in [1.807, 2.05) is 12.1 Å². The van der Waals surface area contributed by atoms with Crippen molar-refractivity contribution in [2.75, 3.05) is 25.5 Å². The highest BCUT2D eigenvalue weighted by atomic mass is 35.5. The fraction of sp³-hybridized carbons (Fsp3) is 0.353. The summed E-state index contributed by atoms with van der Waals surface area (Å²) in [7, 11) is 1.52. The third-order valence-corrected chi connectivity index (χ3v) is 4.20. The molecule has 1 N–H and O–H groups in total. The Morgan fingerprint density at radius 2 is 2.12 bits per heavy atom. The second kappa shape index (κ2) is 8.02. The summed E-state index contributed by atoms with van der Waals surface area (Å²) in [4.78, 5) is 22.4. The van der Waals surface area contributed by atoms with E-state index in [0.717, 1.165) is 12.8 Å². The molecule has 0 bridgehead atoms. The molecule has 0 aliphatic carbocycles. The van der Waals surface area contributed by atoms with Crippen molar-refractivity contribution in [1.82, 2.24) is 14.9 Å². The van der Waals surface area contributed by atoms with E-state index in [-0.39, 0.29) is 12.1 Å². The number of carbonyl (C=O) groups is 1. The van der Waals surface area contributed by atoms with Gasteiger partial charge < -0.3 is 19.7 Å². The Balaban J connectivity index is 1.60. The van der Waals surface area contributed by atoms with Gasteiger partial charge in [0, 0.05) is 6.54 Å². The molecule has 1 aliphatic heterocycles. The number of para-hydroxylation sites is 1. The van der Waals surface area contributed by atoms with Gasteiger partial charge in [0.25, 0.3) is 0 Å². The Hall–Kier alpha value is -2.54. The number of hydrogen-bond acceptors (Lipinski definition) is 5. The molecule has 1 aromatic heterocycles. The summed E-state index contributed by atoms with van der Waals surface area (Å²) >= 11 is 6.09. The summed E-state index contributed by atoms with van der Waals surface area (Å²) in [5.41, 5.74) is 0.593. The van der Waals surface area contributed by atoms with Gasteiger partial charge in [-0.3, -0.25) is 4.98 Å². The number of aromatic nitrogens is 2. The molecule has 1 unspecified atom stereocenters. The zero-order chi connectivity index (χ0) is 17.6. The standard InChI is InChI=1S/C17H19ClN4O3/c1-24-15-9-19-10-16(21-15)25-12-5-4-8-22(11-12)17(23)20-14-7-3-2-6-13(14)18/h2-3,6-7,9-10,12H,4-5,8,11H2,1H3,(H,20,23). The van der Waals surface area contributed by atoms with E-state index < -0.39 is 0 Å². The van der Waals surface area contributed by atoms with Crippen LogP contribution in [0.2, 0.25) is 5.02 Å². The molecule has 8 heteroatoms. The Morgan fingerprint density at radius 1 is 1.32 bits per heavy atom. The summed E-state index contributed by atoms with van der Waals surface area (Å²) in [5, 5.41) is 3.34. The summed E-state index contributed by atoms with van der Waals surface area (Å²) < 4.78 is 10.9. The van der Waals surface area contributed by atoms with Crippen molar-refractivity contribution >= 4 is 23.3 Å². The lowest BCUT2D eigenvalue weighted by atomic mass is 10.1. The number of urea groups is 1. The van der Waals surface area contributed by atoms with E-state index >= 15 is 0 Å². The number of anilines is 1. The Kier molecular flexibility index (Phi) is 5.55. The summed E-state index contributed by atoms with van der Waals surface area (Å²) in [6.45, 7) is 1.13. The number of amides is 2. The second-order valence-corrected chi connectivity index (χ2v) is 6.04. The van der Waals surface area contributed by atoms with Crippen LogP contribution in [0.1, 0.15) is 12.8 Å². The minimum Gasteiger partial charge on any atom is -0.480 e. The van der Waals surface area contributed by atoms with E-state index in [0.29, 0.717) is 35.6 Å². The van der Waals surface area contributed by atoms with Crippen molar-refractivity contribution in [2.45, 2.75) is 18.9 Å². The van der Waals surface area contributed by atoms with E-state index in [9.17, 15) is 4.79 Å². The molecule has 1 atom stereocenters. The topological polar surface area (TPSA) is 76.6 Å². The van der Waals surface area contributed by atoms with Crippen LogP contribution >= 0.6 is 11.6 Å². The van der Waals surface area contributed by atoms with Gasteiger partial charge in [0.1, 0.15) is 6.10 Å². The van der Waals surface area contributed by atoms with Gasteiger partial charge in [-0.25, -0.2) is 4.79 Å². The molecule has 0 radical (unpaired) electrons. The maximum Gasteiger partial charge on any atom is 0.322 e. The minimum atomic E-state index is -0.196. The monoisotopic (exact) mass is 362 g/mol. The van der Waals surface area contributed by atoms with E-state index in [1.165, 1.54) is 19.5 Å². The smallest absolute Gasteiger partial charge is 0.322 e. The maximum absolute atomic E-state index is 12.5. The maximum atomic E-state index is 12.5. The molecule has 132 valence electrons. The molecule has 1 saturated heterocycles. The van der Waals surface area contributed by atoms with Crippen molar-refractivity contribution in [1.29, 1.82) is 0 Å². The first-order chi connectivity index (χ1) is 12.2. The van der Waals surface area contributed by atoms with Crippen molar-refractivity contribution in [2.24, 2.45) is 0 Å². The molecule has 1 aromatic carbocycles. The first-order valence-electron chi connectivity index (χ1n) is 7.99. The van der Waals surface area contributed by atoms with Crippen molar-refractivity contribution in [3.63, 3.8) is 0 Å². The van der Waals surface area contributed by atoms with Crippen LogP contribution < -0.4 is 14.8 Å². The molecule has 7 nitrogen and oxygen atoms in total. The number of carbonyl (C=O) groups excluding carboxylic acids is 1. The largest absolute Gasteiger partial charge is 0.480 e. The van der Waals surface area contributed by atoms with Gasteiger partial charge in [-0.05, 0) is 25.0 Å². The third-order valence-electron chi connectivity index (χ3n) is 3.87. The zero-order valence-electron chi connectivity index (χ0n) is 13.8. The Labute approximate surface area is 150 Å². The number of halogens is 1. The highest BCUT2D eigenvalue weighted by Crippen LogP contribution is 2.22. The molecule has 1 aliphatic rings. The van der Waals surface area contributed by atoms with Crippen molar-refractivity contribution in [3.8, 4) is 11.8 Å². The van der Waals surface area contributed by atoms with Crippen LogP contribution in [0.15, 0.2) is 36.7 Å². The van der Waals surface area contributed by atoms with Crippen molar-refractivity contribution in [3.05, 3.63) is 41.7 Å². The molecule has 0 saturated carbocycles. The first kappa shape index (κ1) is 17.3. The lowest BCUT2D eigenvalue weighted by Crippen LogP contribution is -2.46. The van der Waals surface area contributed by atoms with Gasteiger partial charge in [0.15, 0.2) is 0 Å². The average Bonchev–Trinajstić information content (AvgIpc) is 2.64. The van der Waals surface area contributed by atoms with Crippen LogP contribution in [0.5, 0.6) is 11.8 Å². The Bertz CT molecular complexity index is 743. The number of ether oxygens (including phenoxy) is 2. The molecule has 2 heterocycles. The van der Waals surface area contributed by atoms with Gasteiger partial charge in [0.05, 0.1) is 36.8 Å². The van der Waals surface area contributed by atoms with Crippen LogP contribution in [0.25, 0.3) is 0 Å². The number of nitrogens with zero attached hydrogens (tertiary/aromatic N) is 3. The van der Waals surface area contributed by atoms with Gasteiger partial charge in [-0.15, -0.1) is 0 Å². The van der Waals surface area contributed by atoms with Gasteiger partial charge in [0.2, 0.25) is 11.8 Å². The molecule has 0 spiro atoms. The fourth-order valence-corrected chi connectivity index (χ4v) is 2.82. The molecule has 2 amide bonds. The minimum absolute atomic E-state index is 0.146. The van der Waals surface area contributed by atoms with Crippen LogP contribution in [0.4, 0.5) is 10.5 Å². The lowest BCUT2D eigenvalue weighted by molar-refractivity contribution is 0.101. The molecule has 1 fully saturated rings. The quantitative estimate of drug-likeness (QED) is 0.903. The number of rotatable bonds is 4. The predicted octanol–water partition coefficient (Wildman–Crippen LogP) is 3.21. The number of piperidine rings is 1. The number of hydrogen-bond donors (Lipinski definition) is 1. The molecular weight excluding hydrogens is 344 g/mol. The normalized spacial score (nSPS) is 17.0. The van der Waals surface area contributed by atoms with Gasteiger partial charge in [-0.1, -0.05) is 23.7 Å².